The molecule has 1 saturated heterocycles. The smallest absolute Gasteiger partial charge is 0.324 e. The Balaban J connectivity index is 1.52. The third-order valence-corrected chi connectivity index (χ3v) is 5.82. The molecule has 140 valence electrons. The van der Waals surface area contributed by atoms with Crippen LogP contribution in [0.1, 0.15) is 23.3 Å². The molecule has 4 amide bonds. The number of rotatable bonds is 3. The lowest BCUT2D eigenvalue weighted by molar-refractivity contribution is -0.134. The molecule has 1 fully saturated rings. The van der Waals surface area contributed by atoms with Crippen LogP contribution >= 0.6 is 11.3 Å². The third-order valence-electron chi connectivity index (χ3n) is 4.84. The minimum atomic E-state index is -1.12. The standard InChI is InChI=1S/C18H15F2N3O3S/c19-12-4-3-10(8-13(12)20)21-15(24)9-23-16(25)18(22-17(23)26)6-1-2-14-11(18)5-7-27-14/h3-5,7-8H,1-2,6,9H2,(H,21,24)(H,22,26)/t18-/m1/s1. The summed E-state index contributed by atoms with van der Waals surface area (Å²) in [7, 11) is 0. The highest BCUT2D eigenvalue weighted by Crippen LogP contribution is 2.42. The predicted molar refractivity (Wildman–Crippen MR) is 94.2 cm³/mol. The van der Waals surface area contributed by atoms with Crippen LogP contribution in [0.15, 0.2) is 29.6 Å². The molecule has 27 heavy (non-hydrogen) atoms. The monoisotopic (exact) mass is 391 g/mol. The molecule has 1 aliphatic heterocycles. The molecule has 4 rings (SSSR count). The van der Waals surface area contributed by atoms with Gasteiger partial charge in [0.05, 0.1) is 0 Å². The Morgan fingerprint density at radius 1 is 1.26 bits per heavy atom. The molecule has 9 heteroatoms. The number of aryl methyl sites for hydroxylation is 1. The minimum Gasteiger partial charge on any atom is -0.324 e. The SMILES string of the molecule is O=C(CN1C(=O)N[C@@]2(CCCc3sccc32)C1=O)Nc1ccc(F)c(F)c1. The maximum Gasteiger partial charge on any atom is 0.325 e. The van der Waals surface area contributed by atoms with Crippen LogP contribution in [0.25, 0.3) is 0 Å². The van der Waals surface area contributed by atoms with E-state index in [9.17, 15) is 23.2 Å². The van der Waals surface area contributed by atoms with E-state index in [0.29, 0.717) is 6.42 Å². The second-order valence-corrected chi connectivity index (χ2v) is 7.52. The molecule has 0 bridgehead atoms. The molecule has 2 heterocycles. The van der Waals surface area contributed by atoms with Crippen LogP contribution in [0.2, 0.25) is 0 Å². The first-order valence-corrected chi connectivity index (χ1v) is 9.24. The number of anilines is 1. The van der Waals surface area contributed by atoms with Gasteiger partial charge in [-0.05, 0) is 42.8 Å². The van der Waals surface area contributed by atoms with Crippen molar-refractivity contribution in [1.82, 2.24) is 10.2 Å². The Morgan fingerprint density at radius 3 is 2.85 bits per heavy atom. The summed E-state index contributed by atoms with van der Waals surface area (Å²) in [5, 5.41) is 7.00. The Labute approximate surface area is 157 Å². The van der Waals surface area contributed by atoms with Gasteiger partial charge in [-0.1, -0.05) is 0 Å². The van der Waals surface area contributed by atoms with Gasteiger partial charge in [0, 0.05) is 22.2 Å². The predicted octanol–water partition coefficient (Wildman–Crippen LogP) is 2.75. The third kappa shape index (κ3) is 2.87. The molecular weight excluding hydrogens is 376 g/mol. The molecule has 0 unspecified atom stereocenters. The fourth-order valence-corrected chi connectivity index (χ4v) is 4.60. The van der Waals surface area contributed by atoms with Crippen LogP contribution < -0.4 is 10.6 Å². The minimum absolute atomic E-state index is 0.0402. The van der Waals surface area contributed by atoms with Crippen LogP contribution in [0.4, 0.5) is 19.3 Å². The number of fused-ring (bicyclic) bond motifs is 2. The first-order chi connectivity index (χ1) is 12.9. The molecule has 1 aliphatic carbocycles. The van der Waals surface area contributed by atoms with Crippen molar-refractivity contribution in [2.24, 2.45) is 0 Å². The van der Waals surface area contributed by atoms with Crippen molar-refractivity contribution in [3.8, 4) is 0 Å². The van der Waals surface area contributed by atoms with Gasteiger partial charge in [-0.3, -0.25) is 14.5 Å². The number of urea groups is 1. The number of thiophene rings is 1. The summed E-state index contributed by atoms with van der Waals surface area (Å²) in [6, 6.07) is 4.11. The molecule has 1 aromatic heterocycles. The number of imide groups is 1. The summed E-state index contributed by atoms with van der Waals surface area (Å²) in [5.74, 6) is -3.28. The van der Waals surface area contributed by atoms with E-state index in [1.165, 1.54) is 6.07 Å². The zero-order chi connectivity index (χ0) is 19.2. The number of nitrogens with zero attached hydrogens (tertiary/aromatic N) is 1. The van der Waals surface area contributed by atoms with Gasteiger partial charge in [-0.2, -0.15) is 0 Å². The number of carbonyl (C=O) groups excluding carboxylic acids is 3. The Hall–Kier alpha value is -2.81. The normalized spacial score (nSPS) is 21.3. The summed E-state index contributed by atoms with van der Waals surface area (Å²) in [5.41, 5.74) is -0.286. The Morgan fingerprint density at radius 2 is 2.07 bits per heavy atom. The van der Waals surface area contributed by atoms with Crippen LogP contribution in [-0.2, 0) is 21.5 Å². The molecule has 0 saturated carbocycles. The molecule has 1 spiro atoms. The largest absolute Gasteiger partial charge is 0.325 e. The molecule has 1 atom stereocenters. The van der Waals surface area contributed by atoms with E-state index >= 15 is 0 Å². The van der Waals surface area contributed by atoms with E-state index in [0.717, 1.165) is 40.3 Å². The Kier molecular flexibility index (Phi) is 4.18. The van der Waals surface area contributed by atoms with Gasteiger partial charge >= 0.3 is 6.03 Å². The average molecular weight is 391 g/mol. The molecule has 2 aliphatic rings. The zero-order valence-corrected chi connectivity index (χ0v) is 14.9. The van der Waals surface area contributed by atoms with E-state index in [2.05, 4.69) is 10.6 Å². The van der Waals surface area contributed by atoms with Gasteiger partial charge in [0.2, 0.25) is 5.91 Å². The van der Waals surface area contributed by atoms with E-state index in [4.69, 9.17) is 0 Å². The van der Waals surface area contributed by atoms with Crippen LogP contribution in [-0.4, -0.2) is 29.3 Å². The molecule has 0 radical (unpaired) electrons. The van der Waals surface area contributed by atoms with Crippen LogP contribution in [0.3, 0.4) is 0 Å². The van der Waals surface area contributed by atoms with Gasteiger partial charge in [0.25, 0.3) is 5.91 Å². The second kappa shape index (κ2) is 6.41. The van der Waals surface area contributed by atoms with Gasteiger partial charge in [-0.25, -0.2) is 13.6 Å². The van der Waals surface area contributed by atoms with Gasteiger partial charge in [0.15, 0.2) is 11.6 Å². The van der Waals surface area contributed by atoms with E-state index in [-0.39, 0.29) is 5.69 Å². The summed E-state index contributed by atoms with van der Waals surface area (Å²) in [4.78, 5) is 39.5. The van der Waals surface area contributed by atoms with Crippen molar-refractivity contribution in [3.05, 3.63) is 51.7 Å². The maximum atomic E-state index is 13.3. The molecule has 2 aromatic rings. The van der Waals surface area contributed by atoms with Crippen molar-refractivity contribution in [1.29, 1.82) is 0 Å². The van der Waals surface area contributed by atoms with Crippen molar-refractivity contribution in [2.45, 2.75) is 24.8 Å². The first kappa shape index (κ1) is 17.6. The number of benzene rings is 1. The second-order valence-electron chi connectivity index (χ2n) is 6.51. The number of carbonyl (C=O) groups is 3. The lowest BCUT2D eigenvalue weighted by Crippen LogP contribution is -2.46. The quantitative estimate of drug-likeness (QED) is 0.790. The molecule has 1 aromatic carbocycles. The highest BCUT2D eigenvalue weighted by atomic mass is 32.1. The van der Waals surface area contributed by atoms with Crippen LogP contribution in [0.5, 0.6) is 0 Å². The Bertz CT molecular complexity index is 961. The number of amides is 4. The van der Waals surface area contributed by atoms with Crippen LogP contribution in [0, 0.1) is 11.6 Å². The highest BCUT2D eigenvalue weighted by molar-refractivity contribution is 7.10. The molecule has 6 nitrogen and oxygen atoms in total. The van der Waals surface area contributed by atoms with Gasteiger partial charge in [-0.15, -0.1) is 11.3 Å². The maximum absolute atomic E-state index is 13.3. The first-order valence-electron chi connectivity index (χ1n) is 8.36. The average Bonchev–Trinajstić information content (AvgIpc) is 3.19. The number of halogens is 2. The lowest BCUT2D eigenvalue weighted by atomic mass is 9.80. The van der Waals surface area contributed by atoms with Crippen molar-refractivity contribution in [2.75, 3.05) is 11.9 Å². The van der Waals surface area contributed by atoms with Crippen molar-refractivity contribution in [3.63, 3.8) is 0 Å². The van der Waals surface area contributed by atoms with Crippen molar-refractivity contribution >= 4 is 34.9 Å². The number of hydrogen-bond acceptors (Lipinski definition) is 4. The summed E-state index contributed by atoms with van der Waals surface area (Å²) in [6.07, 6.45) is 2.09. The summed E-state index contributed by atoms with van der Waals surface area (Å²) >= 11 is 1.54. The number of nitrogens with one attached hydrogen (secondary N) is 2. The lowest BCUT2D eigenvalue weighted by Gasteiger charge is -2.31. The summed E-state index contributed by atoms with van der Waals surface area (Å²) < 4.78 is 26.2. The van der Waals surface area contributed by atoms with Crippen molar-refractivity contribution < 1.29 is 23.2 Å². The topological polar surface area (TPSA) is 78.5 Å². The van der Waals surface area contributed by atoms with E-state index in [1.54, 1.807) is 11.3 Å². The molecular formula is C18H15F2N3O3S. The van der Waals surface area contributed by atoms with E-state index in [1.807, 2.05) is 11.4 Å². The zero-order valence-electron chi connectivity index (χ0n) is 14.1. The van der Waals surface area contributed by atoms with E-state index < -0.39 is 41.6 Å². The fourth-order valence-electron chi connectivity index (χ4n) is 3.60. The number of hydrogen-bond donors (Lipinski definition) is 2. The molecule has 2 N–H and O–H groups in total. The highest BCUT2D eigenvalue weighted by Gasteiger charge is 2.54. The summed E-state index contributed by atoms with van der Waals surface area (Å²) in [6.45, 7) is -0.509. The van der Waals surface area contributed by atoms with Gasteiger partial charge in [0.1, 0.15) is 12.1 Å². The van der Waals surface area contributed by atoms with Gasteiger partial charge < -0.3 is 10.6 Å². The fraction of sp³-hybridized carbons (Fsp3) is 0.278.